The van der Waals surface area contributed by atoms with Crippen LogP contribution in [0, 0.1) is 17.3 Å². The lowest BCUT2D eigenvalue weighted by Gasteiger charge is -2.28. The van der Waals surface area contributed by atoms with E-state index < -0.39 is 12.2 Å². The van der Waals surface area contributed by atoms with Gasteiger partial charge < -0.3 is 14.9 Å². The van der Waals surface area contributed by atoms with Gasteiger partial charge in [-0.25, -0.2) is 0 Å². The highest BCUT2D eigenvalue weighted by Crippen LogP contribution is 2.41. The van der Waals surface area contributed by atoms with Crippen molar-refractivity contribution in [2.45, 2.75) is 83.3 Å². The summed E-state index contributed by atoms with van der Waals surface area (Å²) in [6, 6.07) is 0. The van der Waals surface area contributed by atoms with Crippen molar-refractivity contribution in [3.05, 3.63) is 36.0 Å². The molecule has 29 heavy (non-hydrogen) atoms. The van der Waals surface area contributed by atoms with Gasteiger partial charge in [-0.05, 0) is 57.3 Å². The number of aliphatic hydroxyl groups excluding tert-OH is 2. The molecule has 1 aliphatic rings. The number of unbranched alkanes of at least 4 members (excludes halogenated alkanes) is 1. The quantitative estimate of drug-likeness (QED) is 0.185. The van der Waals surface area contributed by atoms with Crippen molar-refractivity contribution in [3.63, 3.8) is 0 Å². The van der Waals surface area contributed by atoms with Crippen molar-refractivity contribution < 1.29 is 19.7 Å². The number of halogens is 1. The Morgan fingerprint density at radius 2 is 2.00 bits per heavy atom. The highest BCUT2D eigenvalue weighted by atomic mass is 79.9. The van der Waals surface area contributed by atoms with Gasteiger partial charge in [0.2, 0.25) is 0 Å². The van der Waals surface area contributed by atoms with Crippen molar-refractivity contribution in [3.8, 4) is 0 Å². The maximum atomic E-state index is 11.1. The summed E-state index contributed by atoms with van der Waals surface area (Å²) >= 11 is 3.72. The average molecular weight is 471 g/mol. The number of carbonyl (C=O) groups is 1. The summed E-state index contributed by atoms with van der Waals surface area (Å²) in [5.41, 5.74) is 1.00. The molecule has 0 aliphatic heterocycles. The monoisotopic (exact) mass is 470 g/mol. The molecule has 1 rings (SSSR count). The third-order valence-electron chi connectivity index (χ3n) is 5.78. The molecule has 0 amide bonds. The standard InChI is InChI=1S/C24H39BrO4/c1-17(2)14-15-24(3,4)22(27)13-12-19-18(20(25)16-21(19)26)10-8-6-7-9-11-23(28)29-5/h6,8,12-14,18-22,26-27H,7,9-11,15-16H2,1-5H3/t18-,19-,20-,21-,22-/m1/s1. The maximum Gasteiger partial charge on any atom is 0.305 e. The number of hydrogen-bond acceptors (Lipinski definition) is 4. The van der Waals surface area contributed by atoms with Gasteiger partial charge in [-0.1, -0.05) is 65.7 Å². The van der Waals surface area contributed by atoms with Crippen LogP contribution >= 0.6 is 15.9 Å². The van der Waals surface area contributed by atoms with Crippen molar-refractivity contribution in [1.29, 1.82) is 0 Å². The molecule has 4 nitrogen and oxygen atoms in total. The number of allylic oxidation sites excluding steroid dienone is 4. The number of hydrogen-bond donors (Lipinski definition) is 2. The zero-order chi connectivity index (χ0) is 22.0. The molecule has 0 aromatic carbocycles. The second-order valence-corrected chi connectivity index (χ2v) is 10.2. The van der Waals surface area contributed by atoms with E-state index >= 15 is 0 Å². The van der Waals surface area contributed by atoms with E-state index in [0.717, 1.165) is 25.7 Å². The fourth-order valence-corrected chi connectivity index (χ4v) is 4.54. The predicted octanol–water partition coefficient (Wildman–Crippen LogP) is 5.34. The van der Waals surface area contributed by atoms with Crippen LogP contribution in [0.1, 0.15) is 66.2 Å². The van der Waals surface area contributed by atoms with Gasteiger partial charge in [0.05, 0.1) is 19.3 Å². The van der Waals surface area contributed by atoms with Crippen LogP contribution in [0.4, 0.5) is 0 Å². The minimum absolute atomic E-state index is 0.0213. The Labute approximate surface area is 185 Å². The van der Waals surface area contributed by atoms with Gasteiger partial charge >= 0.3 is 5.97 Å². The van der Waals surface area contributed by atoms with Crippen LogP contribution in [0.5, 0.6) is 0 Å². The normalized spacial score (nSPS) is 26.2. The lowest BCUT2D eigenvalue weighted by molar-refractivity contribution is -0.140. The average Bonchev–Trinajstić information content (AvgIpc) is 2.93. The lowest BCUT2D eigenvalue weighted by Crippen LogP contribution is -2.28. The molecule has 0 bridgehead atoms. The van der Waals surface area contributed by atoms with Crippen LogP contribution in [0.25, 0.3) is 0 Å². The van der Waals surface area contributed by atoms with Gasteiger partial charge in [-0.3, -0.25) is 4.79 Å². The molecule has 1 fully saturated rings. The van der Waals surface area contributed by atoms with E-state index in [-0.39, 0.29) is 28.0 Å². The van der Waals surface area contributed by atoms with E-state index in [2.05, 4.69) is 66.6 Å². The van der Waals surface area contributed by atoms with Crippen LogP contribution in [0.2, 0.25) is 0 Å². The van der Waals surface area contributed by atoms with Gasteiger partial charge in [-0.2, -0.15) is 0 Å². The van der Waals surface area contributed by atoms with Crippen LogP contribution in [-0.2, 0) is 9.53 Å². The Morgan fingerprint density at radius 1 is 1.31 bits per heavy atom. The number of aliphatic hydroxyl groups is 2. The molecule has 0 aromatic rings. The van der Waals surface area contributed by atoms with Crippen LogP contribution < -0.4 is 0 Å². The van der Waals surface area contributed by atoms with Gasteiger partial charge in [0.15, 0.2) is 0 Å². The van der Waals surface area contributed by atoms with Crippen LogP contribution in [0.3, 0.4) is 0 Å². The molecule has 0 spiro atoms. The molecule has 0 saturated heterocycles. The van der Waals surface area contributed by atoms with Crippen molar-refractivity contribution in [2.24, 2.45) is 17.3 Å². The number of methoxy groups -OCH3 is 1. The molecular weight excluding hydrogens is 432 g/mol. The van der Waals surface area contributed by atoms with E-state index in [1.54, 1.807) is 0 Å². The highest BCUT2D eigenvalue weighted by molar-refractivity contribution is 9.09. The second-order valence-electron chi connectivity index (χ2n) is 9.04. The molecule has 1 saturated carbocycles. The number of rotatable bonds is 11. The molecule has 166 valence electrons. The van der Waals surface area contributed by atoms with E-state index in [9.17, 15) is 15.0 Å². The first kappa shape index (κ1) is 26.1. The Kier molecular flexibility index (Phi) is 11.4. The van der Waals surface area contributed by atoms with Crippen molar-refractivity contribution in [1.82, 2.24) is 0 Å². The summed E-state index contributed by atoms with van der Waals surface area (Å²) in [7, 11) is 1.41. The molecule has 1 aliphatic carbocycles. The zero-order valence-electron chi connectivity index (χ0n) is 18.6. The van der Waals surface area contributed by atoms with E-state index in [4.69, 9.17) is 0 Å². The van der Waals surface area contributed by atoms with Crippen LogP contribution in [-0.4, -0.2) is 40.3 Å². The summed E-state index contributed by atoms with van der Waals surface area (Å²) in [4.78, 5) is 11.4. The van der Waals surface area contributed by atoms with E-state index in [0.29, 0.717) is 12.8 Å². The molecule has 5 heteroatoms. The molecule has 0 radical (unpaired) electrons. The first-order valence-electron chi connectivity index (χ1n) is 10.6. The Bertz CT molecular complexity index is 590. The smallest absolute Gasteiger partial charge is 0.305 e. The summed E-state index contributed by atoms with van der Waals surface area (Å²) in [5, 5.41) is 21.2. The summed E-state index contributed by atoms with van der Waals surface area (Å²) in [6.07, 6.45) is 13.8. The summed E-state index contributed by atoms with van der Waals surface area (Å²) < 4.78 is 4.65. The summed E-state index contributed by atoms with van der Waals surface area (Å²) in [6.45, 7) is 8.26. The Balaban J connectivity index is 2.64. The van der Waals surface area contributed by atoms with Gasteiger partial charge in [-0.15, -0.1) is 0 Å². The SMILES string of the molecule is COC(=O)CCCC=CC[C@@H]1[C@@H](C=C[C@@H](O)C(C)(C)CC=C(C)C)[C@H](O)C[C@H]1Br. The molecule has 2 N–H and O–H groups in total. The summed E-state index contributed by atoms with van der Waals surface area (Å²) in [5.74, 6) is 0.133. The Hall–Kier alpha value is -0.910. The van der Waals surface area contributed by atoms with Crippen molar-refractivity contribution in [2.75, 3.05) is 7.11 Å². The first-order chi connectivity index (χ1) is 13.6. The Morgan fingerprint density at radius 3 is 2.62 bits per heavy atom. The molecule has 0 heterocycles. The van der Waals surface area contributed by atoms with E-state index in [1.165, 1.54) is 12.7 Å². The number of carbonyl (C=O) groups excluding carboxylic acids is 1. The fourth-order valence-electron chi connectivity index (χ4n) is 3.58. The van der Waals surface area contributed by atoms with E-state index in [1.807, 2.05) is 12.2 Å². The third kappa shape index (κ3) is 9.18. The number of alkyl halides is 1. The largest absolute Gasteiger partial charge is 0.469 e. The predicted molar refractivity (Wildman–Crippen MR) is 123 cm³/mol. The minimum atomic E-state index is -0.561. The van der Waals surface area contributed by atoms with Gasteiger partial charge in [0.1, 0.15) is 0 Å². The topological polar surface area (TPSA) is 66.8 Å². The third-order valence-corrected chi connectivity index (χ3v) is 6.83. The molecule has 0 aromatic heterocycles. The highest BCUT2D eigenvalue weighted by Gasteiger charge is 2.39. The second kappa shape index (κ2) is 12.7. The first-order valence-corrected chi connectivity index (χ1v) is 11.5. The lowest BCUT2D eigenvalue weighted by atomic mass is 9.81. The van der Waals surface area contributed by atoms with Crippen molar-refractivity contribution >= 4 is 21.9 Å². The molecule has 5 atom stereocenters. The number of esters is 1. The van der Waals surface area contributed by atoms with Crippen LogP contribution in [0.15, 0.2) is 36.0 Å². The molecule has 0 unspecified atom stereocenters. The van der Waals surface area contributed by atoms with Gasteiger partial charge in [0.25, 0.3) is 0 Å². The minimum Gasteiger partial charge on any atom is -0.469 e. The molecular formula is C24H39BrO4. The van der Waals surface area contributed by atoms with Gasteiger partial charge in [0, 0.05) is 17.2 Å². The zero-order valence-corrected chi connectivity index (χ0v) is 20.2. The fraction of sp³-hybridized carbons (Fsp3) is 0.708. The number of ether oxygens (including phenoxy) is 1. The maximum absolute atomic E-state index is 11.1.